The number of nitrogens with zero attached hydrogens (tertiary/aromatic N) is 2. The molecule has 3 atom stereocenters. The van der Waals surface area contributed by atoms with E-state index in [1.807, 2.05) is 6.20 Å². The van der Waals surface area contributed by atoms with Gasteiger partial charge in [-0.2, -0.15) is 0 Å². The fourth-order valence-electron chi connectivity index (χ4n) is 3.15. The molecule has 0 spiro atoms. The molecular weight excluding hydrogens is 258 g/mol. The third-order valence-electron chi connectivity index (χ3n) is 4.53. The minimum Gasteiger partial charge on any atom is -0.368 e. The van der Waals surface area contributed by atoms with Crippen molar-refractivity contribution >= 4 is 5.69 Å². The Hall–Kier alpha value is -1.09. The van der Waals surface area contributed by atoms with Crippen LogP contribution in [0, 0.1) is 11.8 Å². The topological polar surface area (TPSA) is 28.2 Å². The van der Waals surface area contributed by atoms with Crippen LogP contribution in [0.5, 0.6) is 0 Å². The zero-order valence-electron chi connectivity index (χ0n) is 14.5. The summed E-state index contributed by atoms with van der Waals surface area (Å²) in [5.41, 5.74) is 2.57. The number of hydrogen-bond donors (Lipinski definition) is 1. The van der Waals surface area contributed by atoms with Gasteiger partial charge in [-0.3, -0.25) is 4.98 Å². The number of hydrogen-bond acceptors (Lipinski definition) is 3. The Bertz CT molecular complexity index is 464. The van der Waals surface area contributed by atoms with Gasteiger partial charge in [0.05, 0.1) is 5.69 Å². The summed E-state index contributed by atoms with van der Waals surface area (Å²) < 4.78 is 0. The van der Waals surface area contributed by atoms with Crippen molar-refractivity contribution in [3.63, 3.8) is 0 Å². The molecule has 2 heterocycles. The maximum atomic E-state index is 4.51. The molecule has 1 aliphatic rings. The molecule has 0 aromatic carbocycles. The van der Waals surface area contributed by atoms with E-state index in [4.69, 9.17) is 0 Å². The van der Waals surface area contributed by atoms with Crippen LogP contribution < -0.4 is 10.2 Å². The van der Waals surface area contributed by atoms with Gasteiger partial charge in [0.25, 0.3) is 0 Å². The molecule has 1 N–H and O–H groups in total. The monoisotopic (exact) mass is 289 g/mol. The summed E-state index contributed by atoms with van der Waals surface area (Å²) >= 11 is 0. The molecule has 0 radical (unpaired) electrons. The van der Waals surface area contributed by atoms with Gasteiger partial charge >= 0.3 is 0 Å². The molecule has 3 heteroatoms. The van der Waals surface area contributed by atoms with E-state index in [0.29, 0.717) is 6.04 Å². The predicted molar refractivity (Wildman–Crippen MR) is 90.6 cm³/mol. The Labute approximate surface area is 130 Å². The first-order chi connectivity index (χ1) is 9.76. The van der Waals surface area contributed by atoms with Crippen molar-refractivity contribution in [1.29, 1.82) is 0 Å². The van der Waals surface area contributed by atoms with Crippen LogP contribution >= 0.6 is 0 Å². The maximum Gasteiger partial charge on any atom is 0.0562 e. The van der Waals surface area contributed by atoms with Crippen LogP contribution in [0.3, 0.4) is 0 Å². The number of rotatable bonds is 3. The molecule has 118 valence electrons. The second kappa shape index (κ2) is 6.35. The summed E-state index contributed by atoms with van der Waals surface area (Å²) in [7, 11) is 0. The van der Waals surface area contributed by atoms with Crippen molar-refractivity contribution in [2.75, 3.05) is 11.4 Å². The maximum absolute atomic E-state index is 4.51. The quantitative estimate of drug-likeness (QED) is 0.916. The molecule has 0 aliphatic carbocycles. The van der Waals surface area contributed by atoms with Gasteiger partial charge in [-0.1, -0.05) is 13.8 Å². The normalized spacial score (nSPS) is 27.0. The Balaban J connectivity index is 2.12. The molecular formula is C18H31N3. The Morgan fingerprint density at radius 2 is 2.00 bits per heavy atom. The van der Waals surface area contributed by atoms with Gasteiger partial charge in [0.2, 0.25) is 0 Å². The van der Waals surface area contributed by atoms with Crippen molar-refractivity contribution in [3.05, 3.63) is 24.0 Å². The first kappa shape index (κ1) is 16.3. The van der Waals surface area contributed by atoms with E-state index >= 15 is 0 Å². The van der Waals surface area contributed by atoms with Gasteiger partial charge in [-0.25, -0.2) is 0 Å². The van der Waals surface area contributed by atoms with E-state index in [1.165, 1.54) is 12.1 Å². The lowest BCUT2D eigenvalue weighted by Gasteiger charge is -2.42. The van der Waals surface area contributed by atoms with Crippen molar-refractivity contribution < 1.29 is 0 Å². The average molecular weight is 289 g/mol. The molecule has 0 saturated carbocycles. The molecule has 1 fully saturated rings. The number of nitrogens with one attached hydrogen (secondary N) is 1. The summed E-state index contributed by atoms with van der Waals surface area (Å²) in [5, 5.41) is 3.52. The highest BCUT2D eigenvalue weighted by Crippen LogP contribution is 2.31. The molecule has 0 amide bonds. The number of pyridine rings is 1. The largest absolute Gasteiger partial charge is 0.368 e. The highest BCUT2D eigenvalue weighted by Gasteiger charge is 2.29. The van der Waals surface area contributed by atoms with Crippen molar-refractivity contribution in [3.8, 4) is 0 Å². The molecule has 1 aromatic heterocycles. The first-order valence-electron chi connectivity index (χ1n) is 8.23. The zero-order chi connectivity index (χ0) is 15.6. The Kier molecular flexibility index (Phi) is 4.92. The molecule has 21 heavy (non-hydrogen) atoms. The van der Waals surface area contributed by atoms with Gasteiger partial charge in [-0.05, 0) is 58.1 Å². The van der Waals surface area contributed by atoms with Crippen molar-refractivity contribution in [1.82, 2.24) is 10.3 Å². The first-order valence-corrected chi connectivity index (χ1v) is 8.23. The molecule has 3 unspecified atom stereocenters. The summed E-state index contributed by atoms with van der Waals surface area (Å²) in [6.45, 7) is 15.6. The molecule has 1 aromatic rings. The van der Waals surface area contributed by atoms with E-state index in [9.17, 15) is 0 Å². The third-order valence-corrected chi connectivity index (χ3v) is 4.53. The molecule has 1 saturated heterocycles. The lowest BCUT2D eigenvalue weighted by Crippen LogP contribution is -2.46. The van der Waals surface area contributed by atoms with Gasteiger partial charge < -0.3 is 10.2 Å². The summed E-state index contributed by atoms with van der Waals surface area (Å²) in [5.74, 6) is 1.51. The zero-order valence-corrected chi connectivity index (χ0v) is 14.5. The average Bonchev–Trinajstić information content (AvgIpc) is 2.40. The Morgan fingerprint density at radius 3 is 2.67 bits per heavy atom. The van der Waals surface area contributed by atoms with Gasteiger partial charge in [0.15, 0.2) is 0 Å². The van der Waals surface area contributed by atoms with Crippen LogP contribution in [0.25, 0.3) is 0 Å². The minimum absolute atomic E-state index is 0.124. The van der Waals surface area contributed by atoms with E-state index in [0.717, 1.165) is 30.6 Å². The summed E-state index contributed by atoms with van der Waals surface area (Å²) in [4.78, 5) is 7.07. The van der Waals surface area contributed by atoms with Gasteiger partial charge in [-0.15, -0.1) is 0 Å². The fraction of sp³-hybridized carbons (Fsp3) is 0.722. The van der Waals surface area contributed by atoms with E-state index in [1.54, 1.807) is 0 Å². The van der Waals surface area contributed by atoms with Gasteiger partial charge in [0, 0.05) is 36.6 Å². The van der Waals surface area contributed by atoms with Crippen molar-refractivity contribution in [2.45, 2.75) is 66.1 Å². The van der Waals surface area contributed by atoms with Crippen LogP contribution in [0.15, 0.2) is 18.3 Å². The fourth-order valence-corrected chi connectivity index (χ4v) is 3.15. The molecule has 0 bridgehead atoms. The molecule has 3 nitrogen and oxygen atoms in total. The van der Waals surface area contributed by atoms with E-state index in [-0.39, 0.29) is 5.54 Å². The van der Waals surface area contributed by atoms with Crippen LogP contribution in [-0.2, 0) is 6.54 Å². The SMILES string of the molecule is CC1CC(C)C(C)N(c2ccnc(CNC(C)(C)C)c2)C1. The molecule has 1 aliphatic heterocycles. The van der Waals surface area contributed by atoms with Crippen LogP contribution in [0.4, 0.5) is 5.69 Å². The lowest BCUT2D eigenvalue weighted by molar-refractivity contribution is 0.297. The summed E-state index contributed by atoms with van der Waals surface area (Å²) in [6, 6.07) is 5.01. The summed E-state index contributed by atoms with van der Waals surface area (Å²) in [6.07, 6.45) is 3.28. The second-order valence-corrected chi connectivity index (χ2v) is 7.82. The van der Waals surface area contributed by atoms with E-state index in [2.05, 4.69) is 68.9 Å². The predicted octanol–water partition coefficient (Wildman–Crippen LogP) is 3.84. The Morgan fingerprint density at radius 1 is 1.29 bits per heavy atom. The third kappa shape index (κ3) is 4.44. The number of aromatic nitrogens is 1. The molecule has 2 rings (SSSR count). The lowest BCUT2D eigenvalue weighted by atomic mass is 9.85. The van der Waals surface area contributed by atoms with E-state index < -0.39 is 0 Å². The smallest absolute Gasteiger partial charge is 0.0562 e. The van der Waals surface area contributed by atoms with Crippen LogP contribution in [0.1, 0.15) is 53.7 Å². The second-order valence-electron chi connectivity index (χ2n) is 7.82. The van der Waals surface area contributed by atoms with Gasteiger partial charge in [0.1, 0.15) is 0 Å². The van der Waals surface area contributed by atoms with Crippen molar-refractivity contribution in [2.24, 2.45) is 11.8 Å². The highest BCUT2D eigenvalue weighted by atomic mass is 15.2. The minimum atomic E-state index is 0.124. The van der Waals surface area contributed by atoms with Crippen LogP contribution in [0.2, 0.25) is 0 Å². The highest BCUT2D eigenvalue weighted by molar-refractivity contribution is 5.48. The number of piperidine rings is 1. The van der Waals surface area contributed by atoms with Crippen LogP contribution in [-0.4, -0.2) is 23.1 Å². The standard InChI is InChI=1S/C18H31N3/c1-13-9-14(2)15(3)21(12-13)17-7-8-19-16(10-17)11-20-18(4,5)6/h7-8,10,13-15,20H,9,11-12H2,1-6H3. The number of anilines is 1.